The average molecular weight is 334 g/mol. The van der Waals surface area contributed by atoms with Crippen LogP contribution in [0.15, 0.2) is 58.3 Å². The van der Waals surface area contributed by atoms with Gasteiger partial charge in [-0.2, -0.15) is 13.2 Å². The maximum atomic E-state index is 11.8. The number of hydrogen-bond donors (Lipinski definition) is 3. The van der Waals surface area contributed by atoms with Crippen molar-refractivity contribution in [2.24, 2.45) is 0 Å². The number of para-hydroxylation sites is 2. The van der Waals surface area contributed by atoms with E-state index in [0.29, 0.717) is 16.7 Å². The minimum atomic E-state index is -4.20. The van der Waals surface area contributed by atoms with Gasteiger partial charge < -0.3 is 10.2 Å². The molecule has 2 aromatic rings. The van der Waals surface area contributed by atoms with Gasteiger partial charge in [-0.1, -0.05) is 24.3 Å². The Morgan fingerprint density at radius 2 is 1.43 bits per heavy atom. The van der Waals surface area contributed by atoms with Crippen molar-refractivity contribution in [1.29, 1.82) is 0 Å². The third kappa shape index (κ3) is 7.19. The molecule has 2 nitrogen and oxygen atoms in total. The molecule has 2 N–H and O–H groups in total. The molecule has 2 rings (SSSR count). The number of thiol groups is 1. The van der Waals surface area contributed by atoms with Crippen molar-refractivity contribution in [3.05, 3.63) is 48.5 Å². The highest BCUT2D eigenvalue weighted by Gasteiger charge is 2.27. The van der Waals surface area contributed by atoms with Gasteiger partial charge in [0.05, 0.1) is 5.75 Å². The van der Waals surface area contributed by atoms with Crippen LogP contribution in [0.2, 0.25) is 0 Å². The van der Waals surface area contributed by atoms with E-state index in [1.807, 2.05) is 6.07 Å². The fourth-order valence-corrected chi connectivity index (χ4v) is 2.07. The normalized spacial score (nSPS) is 10.7. The molecule has 0 atom stereocenters. The summed E-state index contributed by atoms with van der Waals surface area (Å²) >= 11 is 4.53. The second kappa shape index (κ2) is 8.09. The first kappa shape index (κ1) is 17.6. The van der Waals surface area contributed by atoms with E-state index in [0.717, 1.165) is 0 Å². The van der Waals surface area contributed by atoms with Crippen LogP contribution in [-0.4, -0.2) is 22.1 Å². The first-order chi connectivity index (χ1) is 9.79. The van der Waals surface area contributed by atoms with Gasteiger partial charge in [-0.3, -0.25) is 0 Å². The second-order valence-corrected chi connectivity index (χ2v) is 5.36. The Hall–Kier alpha value is -1.47. The summed E-state index contributed by atoms with van der Waals surface area (Å²) in [6.07, 6.45) is -4.20. The van der Waals surface area contributed by atoms with Crippen LogP contribution < -0.4 is 0 Å². The van der Waals surface area contributed by atoms with Crippen LogP contribution in [0.25, 0.3) is 0 Å². The van der Waals surface area contributed by atoms with Crippen LogP contribution in [0.5, 0.6) is 11.5 Å². The molecular weight excluding hydrogens is 321 g/mol. The second-order valence-electron chi connectivity index (χ2n) is 3.86. The first-order valence-electron chi connectivity index (χ1n) is 5.74. The van der Waals surface area contributed by atoms with Crippen LogP contribution >= 0.6 is 24.4 Å². The van der Waals surface area contributed by atoms with E-state index in [9.17, 15) is 13.2 Å². The molecule has 0 aliphatic heterocycles. The number of halogens is 3. The summed E-state index contributed by atoms with van der Waals surface area (Å²) in [5.41, 5.74) is 0. The van der Waals surface area contributed by atoms with E-state index < -0.39 is 11.9 Å². The number of phenolic OH excluding ortho intramolecular Hbond substituents is 2. The van der Waals surface area contributed by atoms with Gasteiger partial charge in [0.1, 0.15) is 11.5 Å². The lowest BCUT2D eigenvalue weighted by Crippen LogP contribution is -2.10. The Labute approximate surface area is 130 Å². The summed E-state index contributed by atoms with van der Waals surface area (Å²) in [4.78, 5) is 0.868. The van der Waals surface area contributed by atoms with E-state index in [-0.39, 0.29) is 16.4 Å². The lowest BCUT2D eigenvalue weighted by atomic mass is 10.3. The minimum Gasteiger partial charge on any atom is -0.507 e. The molecule has 0 saturated heterocycles. The van der Waals surface area contributed by atoms with Crippen molar-refractivity contribution >= 4 is 24.4 Å². The minimum absolute atomic E-state index is 0.114. The molecule has 0 bridgehead atoms. The van der Waals surface area contributed by atoms with Crippen molar-refractivity contribution in [1.82, 2.24) is 0 Å². The van der Waals surface area contributed by atoms with Crippen molar-refractivity contribution in [2.75, 3.05) is 5.75 Å². The number of phenols is 2. The highest BCUT2D eigenvalue weighted by molar-refractivity contribution is 7.99. The monoisotopic (exact) mass is 334 g/mol. The maximum Gasteiger partial charge on any atom is 0.398 e. The molecule has 0 amide bonds. The van der Waals surface area contributed by atoms with Crippen LogP contribution in [0.4, 0.5) is 13.2 Å². The molecular formula is C14H13F3O2S2. The summed E-state index contributed by atoms with van der Waals surface area (Å²) in [5.74, 6) is -0.863. The standard InChI is InChI=1S/C8H7F3OS.C6H6OS/c9-8(10,11)5-13-7-4-2-1-3-6(7)12;7-5-3-1-2-4-6(5)8/h1-4,12H,5H2;1-4,7-8H. The molecule has 2 aromatic carbocycles. The molecule has 21 heavy (non-hydrogen) atoms. The van der Waals surface area contributed by atoms with Crippen LogP contribution in [0, 0.1) is 0 Å². The Morgan fingerprint density at radius 3 is 1.86 bits per heavy atom. The zero-order valence-corrected chi connectivity index (χ0v) is 12.4. The third-order valence-corrected chi connectivity index (χ3v) is 3.64. The third-order valence-electron chi connectivity index (χ3n) is 2.14. The molecule has 0 heterocycles. The molecule has 0 fully saturated rings. The average Bonchev–Trinajstić information content (AvgIpc) is 2.41. The van der Waals surface area contributed by atoms with E-state index in [1.165, 1.54) is 12.1 Å². The summed E-state index contributed by atoms with van der Waals surface area (Å²) in [6, 6.07) is 12.9. The number of aromatic hydroxyl groups is 2. The Morgan fingerprint density at radius 1 is 0.905 bits per heavy atom. The van der Waals surface area contributed by atoms with Gasteiger partial charge >= 0.3 is 6.18 Å². The Kier molecular flexibility index (Phi) is 6.77. The summed E-state index contributed by atoms with van der Waals surface area (Å²) in [6.45, 7) is 0. The molecule has 0 aliphatic rings. The smallest absolute Gasteiger partial charge is 0.398 e. The van der Waals surface area contributed by atoms with Gasteiger partial charge in [-0.15, -0.1) is 24.4 Å². The SMILES string of the molecule is Oc1ccccc1S.Oc1ccccc1SCC(F)(F)F. The number of benzene rings is 2. The Balaban J connectivity index is 0.000000235. The van der Waals surface area contributed by atoms with E-state index in [2.05, 4.69) is 12.6 Å². The van der Waals surface area contributed by atoms with Gasteiger partial charge in [-0.25, -0.2) is 0 Å². The lowest BCUT2D eigenvalue weighted by molar-refractivity contribution is -0.105. The predicted molar refractivity (Wildman–Crippen MR) is 80.2 cm³/mol. The fraction of sp³-hybridized carbons (Fsp3) is 0.143. The van der Waals surface area contributed by atoms with Crippen LogP contribution in [0.3, 0.4) is 0 Å². The van der Waals surface area contributed by atoms with E-state index in [4.69, 9.17) is 10.2 Å². The number of thioether (sulfide) groups is 1. The molecule has 114 valence electrons. The van der Waals surface area contributed by atoms with Gasteiger partial charge in [0.25, 0.3) is 0 Å². The molecule has 0 spiro atoms. The van der Waals surface area contributed by atoms with Crippen molar-refractivity contribution in [2.45, 2.75) is 16.0 Å². The number of rotatable bonds is 2. The van der Waals surface area contributed by atoms with Gasteiger partial charge in [0.15, 0.2) is 0 Å². The highest BCUT2D eigenvalue weighted by Crippen LogP contribution is 2.32. The maximum absolute atomic E-state index is 11.8. The van der Waals surface area contributed by atoms with E-state index in [1.54, 1.807) is 30.3 Å². The molecule has 0 unspecified atom stereocenters. The zero-order chi connectivity index (χ0) is 15.9. The molecule has 0 aliphatic carbocycles. The molecule has 0 saturated carbocycles. The van der Waals surface area contributed by atoms with Gasteiger partial charge in [-0.05, 0) is 24.3 Å². The molecule has 0 aromatic heterocycles. The van der Waals surface area contributed by atoms with Gasteiger partial charge in [0.2, 0.25) is 0 Å². The summed E-state index contributed by atoms with van der Waals surface area (Å²) in [5, 5.41) is 18.0. The van der Waals surface area contributed by atoms with Gasteiger partial charge in [0, 0.05) is 9.79 Å². The largest absolute Gasteiger partial charge is 0.507 e. The first-order valence-corrected chi connectivity index (χ1v) is 7.17. The van der Waals surface area contributed by atoms with Crippen LogP contribution in [-0.2, 0) is 0 Å². The number of alkyl halides is 3. The summed E-state index contributed by atoms with van der Waals surface area (Å²) in [7, 11) is 0. The van der Waals surface area contributed by atoms with Crippen molar-refractivity contribution in [3.8, 4) is 11.5 Å². The van der Waals surface area contributed by atoms with E-state index >= 15 is 0 Å². The van der Waals surface area contributed by atoms with Crippen molar-refractivity contribution in [3.63, 3.8) is 0 Å². The topological polar surface area (TPSA) is 40.5 Å². The van der Waals surface area contributed by atoms with Crippen molar-refractivity contribution < 1.29 is 23.4 Å². The highest BCUT2D eigenvalue weighted by atomic mass is 32.2. The predicted octanol–water partition coefficient (Wildman–Crippen LogP) is 4.73. The molecule has 7 heteroatoms. The quantitative estimate of drug-likeness (QED) is 0.549. The zero-order valence-electron chi connectivity index (χ0n) is 10.7. The lowest BCUT2D eigenvalue weighted by Gasteiger charge is -2.06. The number of hydrogen-bond acceptors (Lipinski definition) is 4. The fourth-order valence-electron chi connectivity index (χ4n) is 1.20. The van der Waals surface area contributed by atoms with Crippen LogP contribution in [0.1, 0.15) is 0 Å². The summed E-state index contributed by atoms with van der Waals surface area (Å²) < 4.78 is 35.3. The molecule has 0 radical (unpaired) electrons. The Bertz CT molecular complexity index is 553.